The van der Waals surface area contributed by atoms with E-state index in [1.54, 1.807) is 39.4 Å². The van der Waals surface area contributed by atoms with Crippen LogP contribution in [0.15, 0.2) is 22.9 Å². The highest BCUT2D eigenvalue weighted by atomic mass is 79.9. The molecule has 0 bridgehead atoms. The van der Waals surface area contributed by atoms with Crippen molar-refractivity contribution < 1.29 is 14.3 Å². The maximum atomic E-state index is 12.8. The predicted octanol–water partition coefficient (Wildman–Crippen LogP) is 0.916. The van der Waals surface area contributed by atoms with E-state index in [0.717, 1.165) is 4.47 Å². The van der Waals surface area contributed by atoms with E-state index >= 15 is 0 Å². The van der Waals surface area contributed by atoms with Crippen LogP contribution in [-0.2, 0) is 17.8 Å². The van der Waals surface area contributed by atoms with Crippen LogP contribution in [0.4, 0.5) is 0 Å². The molecule has 0 aliphatic carbocycles. The van der Waals surface area contributed by atoms with Crippen molar-refractivity contribution in [1.82, 2.24) is 34.3 Å². The number of aromatic nitrogens is 6. The fourth-order valence-electron chi connectivity index (χ4n) is 2.80. The van der Waals surface area contributed by atoms with Gasteiger partial charge in [0.05, 0.1) is 17.6 Å². The van der Waals surface area contributed by atoms with Gasteiger partial charge < -0.3 is 14.2 Å². The second-order valence-corrected chi connectivity index (χ2v) is 6.56. The Morgan fingerprint density at radius 3 is 2.96 bits per heavy atom. The van der Waals surface area contributed by atoms with E-state index in [9.17, 15) is 9.59 Å². The third-order valence-electron chi connectivity index (χ3n) is 4.00. The molecule has 3 aromatic rings. The minimum absolute atomic E-state index is 0.163. The van der Waals surface area contributed by atoms with E-state index in [-0.39, 0.29) is 24.9 Å². The van der Waals surface area contributed by atoms with Crippen LogP contribution in [0.3, 0.4) is 0 Å². The number of hydrogen-bond donors (Lipinski definition) is 0. The zero-order valence-corrected chi connectivity index (χ0v) is 15.4. The lowest BCUT2D eigenvalue weighted by molar-refractivity contribution is 0.0501. The first-order chi connectivity index (χ1) is 12.6. The molecule has 0 N–H and O–H groups in total. The van der Waals surface area contributed by atoms with Crippen molar-refractivity contribution >= 4 is 33.5 Å². The zero-order valence-electron chi connectivity index (χ0n) is 13.8. The minimum Gasteiger partial charge on any atom is -0.460 e. The molecule has 3 aromatic heterocycles. The number of rotatable bonds is 3. The average molecular weight is 420 g/mol. The van der Waals surface area contributed by atoms with Crippen LogP contribution in [0.5, 0.6) is 0 Å². The molecule has 0 saturated carbocycles. The molecule has 0 fully saturated rings. The van der Waals surface area contributed by atoms with E-state index in [2.05, 4.69) is 36.2 Å². The molecule has 0 aromatic carbocycles. The van der Waals surface area contributed by atoms with E-state index in [1.165, 1.54) is 0 Å². The second kappa shape index (κ2) is 6.48. The van der Waals surface area contributed by atoms with Gasteiger partial charge in [-0.2, -0.15) is 5.10 Å². The lowest BCUT2D eigenvalue weighted by Crippen LogP contribution is -2.39. The highest BCUT2D eigenvalue weighted by Gasteiger charge is 2.29. The van der Waals surface area contributed by atoms with Crippen LogP contribution in [0, 0.1) is 0 Å². The maximum absolute atomic E-state index is 12.8. The summed E-state index contributed by atoms with van der Waals surface area (Å²) in [4.78, 5) is 30.5. The van der Waals surface area contributed by atoms with Crippen LogP contribution < -0.4 is 0 Å². The Labute approximate surface area is 155 Å². The molecule has 0 radical (unpaired) electrons. The summed E-state index contributed by atoms with van der Waals surface area (Å²) >= 11 is 3.32. The normalized spacial score (nSPS) is 13.7. The molecule has 11 heteroatoms. The van der Waals surface area contributed by atoms with Crippen molar-refractivity contribution in [1.29, 1.82) is 0 Å². The standard InChI is InChI=1S/C15H14BrN7O3/c1-2-26-15(25)13-19-18-12-8-21(3-4-22(12)13)14(24)10-5-11-17-6-9(16)7-23(11)20-10/h5-7H,2-4,8H2,1H3. The van der Waals surface area contributed by atoms with Crippen molar-refractivity contribution in [3.05, 3.63) is 40.3 Å². The third-order valence-corrected chi connectivity index (χ3v) is 4.41. The summed E-state index contributed by atoms with van der Waals surface area (Å²) in [6.07, 6.45) is 3.38. The first-order valence-corrected chi connectivity index (χ1v) is 8.75. The van der Waals surface area contributed by atoms with Gasteiger partial charge in [0.25, 0.3) is 5.91 Å². The van der Waals surface area contributed by atoms with E-state index < -0.39 is 5.97 Å². The summed E-state index contributed by atoms with van der Waals surface area (Å²) < 4.78 is 8.97. The summed E-state index contributed by atoms with van der Waals surface area (Å²) in [5.74, 6) is -0.0328. The van der Waals surface area contributed by atoms with Crippen molar-refractivity contribution in [3.8, 4) is 0 Å². The Balaban J connectivity index is 1.56. The second-order valence-electron chi connectivity index (χ2n) is 5.64. The van der Waals surface area contributed by atoms with Gasteiger partial charge in [0.15, 0.2) is 17.2 Å². The van der Waals surface area contributed by atoms with Crippen molar-refractivity contribution in [2.24, 2.45) is 0 Å². The fraction of sp³-hybridized carbons (Fsp3) is 0.333. The van der Waals surface area contributed by atoms with Crippen molar-refractivity contribution in [2.75, 3.05) is 13.2 Å². The molecule has 1 aliphatic heterocycles. The average Bonchev–Trinajstić information content (AvgIpc) is 3.24. The lowest BCUT2D eigenvalue weighted by Gasteiger charge is -2.26. The van der Waals surface area contributed by atoms with Crippen LogP contribution in [0.25, 0.3) is 5.65 Å². The highest BCUT2D eigenvalue weighted by molar-refractivity contribution is 9.10. The SMILES string of the molecule is CCOC(=O)c1nnc2n1CCN(C(=O)c1cc3ncc(Br)cn3n1)C2. The first kappa shape index (κ1) is 16.6. The summed E-state index contributed by atoms with van der Waals surface area (Å²) in [7, 11) is 0. The summed E-state index contributed by atoms with van der Waals surface area (Å²) in [5.41, 5.74) is 0.885. The number of carbonyl (C=O) groups excluding carboxylic acids is 2. The number of fused-ring (bicyclic) bond motifs is 2. The van der Waals surface area contributed by atoms with Gasteiger partial charge in [0, 0.05) is 31.5 Å². The van der Waals surface area contributed by atoms with Gasteiger partial charge in [-0.15, -0.1) is 10.2 Å². The van der Waals surface area contributed by atoms with Crippen LogP contribution >= 0.6 is 15.9 Å². The topological polar surface area (TPSA) is 108 Å². The number of carbonyl (C=O) groups is 2. The Morgan fingerprint density at radius 2 is 2.15 bits per heavy atom. The quantitative estimate of drug-likeness (QED) is 0.580. The number of hydrogen-bond acceptors (Lipinski definition) is 7. The molecule has 10 nitrogen and oxygen atoms in total. The molecular formula is C15H14BrN7O3. The van der Waals surface area contributed by atoms with E-state index in [0.29, 0.717) is 30.3 Å². The summed E-state index contributed by atoms with van der Waals surface area (Å²) in [6.45, 7) is 3.08. The number of nitrogens with zero attached hydrogens (tertiary/aromatic N) is 7. The number of halogens is 1. The van der Waals surface area contributed by atoms with Crippen LogP contribution in [-0.4, -0.2) is 59.3 Å². The smallest absolute Gasteiger partial charge is 0.376 e. The molecule has 4 rings (SSSR count). The van der Waals surface area contributed by atoms with Crippen molar-refractivity contribution in [3.63, 3.8) is 0 Å². The summed E-state index contributed by atoms with van der Waals surface area (Å²) in [6, 6.07) is 1.64. The molecule has 26 heavy (non-hydrogen) atoms. The number of amides is 1. The molecule has 1 aliphatic rings. The Hall–Kier alpha value is -2.82. The van der Waals surface area contributed by atoms with Gasteiger partial charge in [-0.25, -0.2) is 14.3 Å². The number of esters is 1. The third kappa shape index (κ3) is 2.83. The Kier molecular flexibility index (Phi) is 4.15. The van der Waals surface area contributed by atoms with Crippen LogP contribution in [0.1, 0.15) is 33.9 Å². The Morgan fingerprint density at radius 1 is 1.31 bits per heavy atom. The lowest BCUT2D eigenvalue weighted by atomic mass is 10.3. The monoisotopic (exact) mass is 419 g/mol. The van der Waals surface area contributed by atoms with Crippen molar-refractivity contribution in [2.45, 2.75) is 20.0 Å². The van der Waals surface area contributed by atoms with Gasteiger partial charge in [-0.05, 0) is 22.9 Å². The van der Waals surface area contributed by atoms with Gasteiger partial charge in [0.1, 0.15) is 0 Å². The molecular weight excluding hydrogens is 406 g/mol. The van der Waals surface area contributed by atoms with Gasteiger partial charge >= 0.3 is 5.97 Å². The first-order valence-electron chi connectivity index (χ1n) is 7.96. The van der Waals surface area contributed by atoms with E-state index in [4.69, 9.17) is 4.74 Å². The molecule has 1 amide bonds. The fourth-order valence-corrected chi connectivity index (χ4v) is 3.09. The Bertz CT molecular complexity index is 1010. The molecule has 0 spiro atoms. The van der Waals surface area contributed by atoms with E-state index in [1.807, 2.05) is 0 Å². The molecule has 4 heterocycles. The maximum Gasteiger partial charge on any atom is 0.376 e. The molecule has 134 valence electrons. The zero-order chi connectivity index (χ0) is 18.3. The highest BCUT2D eigenvalue weighted by Crippen LogP contribution is 2.17. The predicted molar refractivity (Wildman–Crippen MR) is 91.4 cm³/mol. The minimum atomic E-state index is -0.511. The van der Waals surface area contributed by atoms with Crippen LogP contribution in [0.2, 0.25) is 0 Å². The molecule has 0 atom stereocenters. The summed E-state index contributed by atoms with van der Waals surface area (Å²) in [5, 5.41) is 12.2. The van der Waals surface area contributed by atoms with Gasteiger partial charge in [-0.3, -0.25) is 4.79 Å². The van der Waals surface area contributed by atoms with Gasteiger partial charge in [0.2, 0.25) is 5.82 Å². The molecule has 0 unspecified atom stereocenters. The molecule has 0 saturated heterocycles. The largest absolute Gasteiger partial charge is 0.460 e. The van der Waals surface area contributed by atoms with Gasteiger partial charge in [-0.1, -0.05) is 0 Å². The number of ether oxygens (including phenoxy) is 1.